The Bertz CT molecular complexity index is 933. The van der Waals surface area contributed by atoms with E-state index in [0.717, 1.165) is 43.2 Å². The van der Waals surface area contributed by atoms with Crippen molar-refractivity contribution in [1.29, 1.82) is 0 Å². The molecule has 1 aliphatic heterocycles. The molecule has 2 aromatic carbocycles. The van der Waals surface area contributed by atoms with Crippen LogP contribution in [-0.4, -0.2) is 35.2 Å². The fraction of sp³-hybridized carbons (Fsp3) is 0.423. The Morgan fingerprint density at radius 2 is 1.65 bits per heavy atom. The number of aryl methyl sites for hydroxylation is 1. The van der Waals surface area contributed by atoms with Crippen molar-refractivity contribution < 1.29 is 14.4 Å². The van der Waals surface area contributed by atoms with Gasteiger partial charge in [-0.1, -0.05) is 67.3 Å². The normalized spacial score (nSPS) is 19.6. The first kappa shape index (κ1) is 21.3. The van der Waals surface area contributed by atoms with Crippen LogP contribution in [0.5, 0.6) is 0 Å². The van der Waals surface area contributed by atoms with Crippen LogP contribution in [0.1, 0.15) is 49.7 Å². The molecule has 2 fully saturated rings. The van der Waals surface area contributed by atoms with Gasteiger partial charge in [0.2, 0.25) is 11.8 Å². The molecule has 1 saturated heterocycles. The van der Waals surface area contributed by atoms with Gasteiger partial charge < -0.3 is 4.90 Å². The first-order valence-corrected chi connectivity index (χ1v) is 11.3. The number of anilines is 1. The molecule has 2 aromatic rings. The lowest BCUT2D eigenvalue weighted by molar-refractivity contribution is -0.142. The van der Waals surface area contributed by atoms with Crippen molar-refractivity contribution in [3.63, 3.8) is 0 Å². The number of imide groups is 1. The van der Waals surface area contributed by atoms with Crippen LogP contribution < -0.4 is 4.90 Å². The van der Waals surface area contributed by atoms with Crippen LogP contribution in [0, 0.1) is 12.8 Å². The van der Waals surface area contributed by atoms with Crippen LogP contribution in [0.4, 0.5) is 5.69 Å². The highest BCUT2D eigenvalue weighted by Crippen LogP contribution is 2.30. The van der Waals surface area contributed by atoms with Gasteiger partial charge in [-0.15, -0.1) is 0 Å². The van der Waals surface area contributed by atoms with Gasteiger partial charge in [-0.25, -0.2) is 4.90 Å². The molecular weight excluding hydrogens is 388 g/mol. The summed E-state index contributed by atoms with van der Waals surface area (Å²) in [5, 5.41) is 0. The molecule has 4 rings (SSSR count). The maximum Gasteiger partial charge on any atom is 0.257 e. The molecule has 0 spiro atoms. The zero-order valence-corrected chi connectivity index (χ0v) is 18.1. The largest absolute Gasteiger partial charge is 0.330 e. The lowest BCUT2D eigenvalue weighted by Crippen LogP contribution is -2.48. The molecule has 31 heavy (non-hydrogen) atoms. The quantitative estimate of drug-likeness (QED) is 0.658. The fourth-order valence-electron chi connectivity index (χ4n) is 4.72. The highest BCUT2D eigenvalue weighted by molar-refractivity contribution is 6.23. The lowest BCUT2D eigenvalue weighted by atomic mass is 9.87. The first-order chi connectivity index (χ1) is 15.0. The Labute approximate surface area is 184 Å². The van der Waals surface area contributed by atoms with Crippen LogP contribution in [0.25, 0.3) is 0 Å². The third-order valence-corrected chi connectivity index (χ3v) is 6.51. The molecule has 1 heterocycles. The van der Waals surface area contributed by atoms with Crippen molar-refractivity contribution in [2.75, 3.05) is 11.4 Å². The molecule has 0 radical (unpaired) electrons. The van der Waals surface area contributed by atoms with Crippen molar-refractivity contribution in [3.8, 4) is 0 Å². The second kappa shape index (κ2) is 9.46. The van der Waals surface area contributed by atoms with Gasteiger partial charge in [-0.05, 0) is 43.9 Å². The van der Waals surface area contributed by atoms with Crippen molar-refractivity contribution in [2.24, 2.45) is 5.92 Å². The van der Waals surface area contributed by atoms with E-state index in [1.807, 2.05) is 49.4 Å². The summed E-state index contributed by atoms with van der Waals surface area (Å²) in [5.41, 5.74) is 2.77. The molecule has 0 N–H and O–H groups in total. The maximum absolute atomic E-state index is 13.5. The van der Waals surface area contributed by atoms with Gasteiger partial charge in [-0.3, -0.25) is 14.4 Å². The van der Waals surface area contributed by atoms with E-state index >= 15 is 0 Å². The molecule has 162 valence electrons. The predicted octanol–water partition coefficient (Wildman–Crippen LogP) is 4.28. The van der Waals surface area contributed by atoms with E-state index in [2.05, 4.69) is 0 Å². The van der Waals surface area contributed by atoms with E-state index in [1.54, 1.807) is 17.0 Å². The van der Waals surface area contributed by atoms with Gasteiger partial charge in [-0.2, -0.15) is 0 Å². The Morgan fingerprint density at radius 3 is 2.32 bits per heavy atom. The number of rotatable bonds is 6. The van der Waals surface area contributed by atoms with E-state index < -0.39 is 6.04 Å². The van der Waals surface area contributed by atoms with Crippen LogP contribution in [-0.2, 0) is 20.8 Å². The lowest BCUT2D eigenvalue weighted by Gasteiger charge is -2.32. The molecule has 1 aliphatic carbocycles. The third-order valence-electron chi connectivity index (χ3n) is 6.51. The minimum atomic E-state index is -0.716. The second-order valence-corrected chi connectivity index (χ2v) is 8.73. The van der Waals surface area contributed by atoms with Crippen LogP contribution in [0.2, 0.25) is 0 Å². The SMILES string of the molecule is Cc1ccc(N2C(=O)CC(N(CCc3ccccc3)C(=O)C3CCCCC3)C2=O)cc1. The van der Waals surface area contributed by atoms with E-state index in [4.69, 9.17) is 0 Å². The van der Waals surface area contributed by atoms with Gasteiger partial charge >= 0.3 is 0 Å². The van der Waals surface area contributed by atoms with Gasteiger partial charge in [0.15, 0.2) is 0 Å². The summed E-state index contributed by atoms with van der Waals surface area (Å²) in [5.74, 6) is -0.528. The van der Waals surface area contributed by atoms with Crippen molar-refractivity contribution in [2.45, 2.75) is 57.9 Å². The first-order valence-electron chi connectivity index (χ1n) is 11.3. The van der Waals surface area contributed by atoms with Crippen LogP contribution in [0.15, 0.2) is 54.6 Å². The van der Waals surface area contributed by atoms with Crippen molar-refractivity contribution >= 4 is 23.4 Å². The van der Waals surface area contributed by atoms with Crippen molar-refractivity contribution in [3.05, 3.63) is 65.7 Å². The topological polar surface area (TPSA) is 57.7 Å². The standard InChI is InChI=1S/C26H30N2O3/c1-19-12-14-22(15-13-19)28-24(29)18-23(26(28)31)27(17-16-20-8-4-2-5-9-20)25(30)21-10-6-3-7-11-21/h2,4-5,8-9,12-15,21,23H,3,6-7,10-11,16-18H2,1H3. The minimum Gasteiger partial charge on any atom is -0.330 e. The number of benzene rings is 2. The Kier molecular flexibility index (Phi) is 6.50. The fourth-order valence-corrected chi connectivity index (χ4v) is 4.72. The molecule has 0 aromatic heterocycles. The van der Waals surface area contributed by atoms with Gasteiger partial charge in [0.05, 0.1) is 12.1 Å². The number of hydrogen-bond acceptors (Lipinski definition) is 3. The summed E-state index contributed by atoms with van der Waals surface area (Å²) in [6.45, 7) is 2.42. The number of carbonyl (C=O) groups excluding carboxylic acids is 3. The van der Waals surface area contributed by atoms with Crippen LogP contribution >= 0.6 is 0 Å². The average Bonchev–Trinajstić information content (AvgIpc) is 3.09. The second-order valence-electron chi connectivity index (χ2n) is 8.73. The molecular formula is C26H30N2O3. The smallest absolute Gasteiger partial charge is 0.257 e. The number of nitrogens with zero attached hydrogens (tertiary/aromatic N) is 2. The molecule has 1 unspecified atom stereocenters. The van der Waals surface area contributed by atoms with Gasteiger partial charge in [0.1, 0.15) is 6.04 Å². The van der Waals surface area contributed by atoms with Crippen LogP contribution in [0.3, 0.4) is 0 Å². The summed E-state index contributed by atoms with van der Waals surface area (Å²) in [6.07, 6.45) is 5.73. The monoisotopic (exact) mass is 418 g/mol. The highest BCUT2D eigenvalue weighted by atomic mass is 16.2. The number of hydrogen-bond donors (Lipinski definition) is 0. The van der Waals surface area contributed by atoms with E-state index in [-0.39, 0.29) is 30.1 Å². The predicted molar refractivity (Wildman–Crippen MR) is 121 cm³/mol. The van der Waals surface area contributed by atoms with Gasteiger partial charge in [0, 0.05) is 12.5 Å². The average molecular weight is 419 g/mol. The zero-order chi connectivity index (χ0) is 21.8. The Hall–Kier alpha value is -2.95. The minimum absolute atomic E-state index is 0.0348. The molecule has 5 nitrogen and oxygen atoms in total. The summed E-state index contributed by atoms with van der Waals surface area (Å²) in [6, 6.07) is 16.6. The third kappa shape index (κ3) is 4.71. The summed E-state index contributed by atoms with van der Waals surface area (Å²) in [7, 11) is 0. The Morgan fingerprint density at radius 1 is 0.968 bits per heavy atom. The molecule has 3 amide bonds. The molecule has 0 bridgehead atoms. The number of amides is 3. The molecule has 2 aliphatic rings. The Balaban J connectivity index is 1.57. The maximum atomic E-state index is 13.5. The molecule has 1 atom stereocenters. The van der Waals surface area contributed by atoms with Gasteiger partial charge in [0.25, 0.3) is 5.91 Å². The van der Waals surface area contributed by atoms with E-state index in [9.17, 15) is 14.4 Å². The molecule has 1 saturated carbocycles. The number of carbonyl (C=O) groups is 3. The molecule has 5 heteroatoms. The summed E-state index contributed by atoms with van der Waals surface area (Å²) < 4.78 is 0. The van der Waals surface area contributed by atoms with E-state index in [0.29, 0.717) is 18.7 Å². The highest BCUT2D eigenvalue weighted by Gasteiger charge is 2.45. The summed E-state index contributed by atoms with van der Waals surface area (Å²) >= 11 is 0. The zero-order valence-electron chi connectivity index (χ0n) is 18.1. The van der Waals surface area contributed by atoms with E-state index in [1.165, 1.54) is 4.90 Å². The van der Waals surface area contributed by atoms with Crippen molar-refractivity contribution in [1.82, 2.24) is 4.90 Å². The summed E-state index contributed by atoms with van der Waals surface area (Å²) in [4.78, 5) is 42.6.